The van der Waals surface area contributed by atoms with E-state index in [1.165, 1.54) is 51.0 Å². The van der Waals surface area contributed by atoms with Gasteiger partial charge in [0.1, 0.15) is 0 Å². The number of hydrogen-bond donors (Lipinski definition) is 2. The maximum absolute atomic E-state index is 12.6. The second kappa shape index (κ2) is 10.9. The van der Waals surface area contributed by atoms with Crippen molar-refractivity contribution in [1.82, 2.24) is 5.43 Å². The monoisotopic (exact) mass is 452 g/mol. The summed E-state index contributed by atoms with van der Waals surface area (Å²) in [6, 6.07) is 3.01. The van der Waals surface area contributed by atoms with E-state index in [2.05, 4.69) is 10.5 Å². The number of carboxylic acids is 1. The van der Waals surface area contributed by atoms with E-state index in [0.717, 1.165) is 14.8 Å². The summed E-state index contributed by atoms with van der Waals surface area (Å²) in [6.07, 6.45) is 1.99. The van der Waals surface area contributed by atoms with E-state index < -0.39 is 11.9 Å². The Hall–Kier alpha value is -2.72. The van der Waals surface area contributed by atoms with E-state index in [-0.39, 0.29) is 11.1 Å². The van der Waals surface area contributed by atoms with E-state index in [9.17, 15) is 14.7 Å². The number of amides is 1. The van der Waals surface area contributed by atoms with Gasteiger partial charge in [0.15, 0.2) is 11.5 Å². The average Bonchev–Trinajstić information content (AvgIpc) is 3.10. The first-order valence-corrected chi connectivity index (χ1v) is 10.9. The molecule has 0 aliphatic rings. The lowest BCUT2D eigenvalue weighted by molar-refractivity contribution is 0.0696. The normalized spacial score (nSPS) is 10.8. The molecule has 0 spiro atoms. The van der Waals surface area contributed by atoms with Gasteiger partial charge in [0.2, 0.25) is 5.75 Å². The van der Waals surface area contributed by atoms with Crippen LogP contribution >= 0.6 is 23.1 Å². The number of aryl methyl sites for hydroxylation is 1. The largest absolute Gasteiger partial charge is 0.493 e. The minimum atomic E-state index is -1.01. The molecule has 2 N–H and O–H groups in total. The van der Waals surface area contributed by atoms with Crippen molar-refractivity contribution in [2.24, 2.45) is 5.10 Å². The number of nitrogens with one attached hydrogen (secondary N) is 1. The molecule has 0 aliphatic carbocycles. The Labute approximate surface area is 183 Å². The number of hydrazone groups is 1. The summed E-state index contributed by atoms with van der Waals surface area (Å²) in [7, 11) is 4.39. The third-order valence-corrected chi connectivity index (χ3v) is 6.60. The summed E-state index contributed by atoms with van der Waals surface area (Å²) < 4.78 is 16.6. The van der Waals surface area contributed by atoms with E-state index >= 15 is 0 Å². The average molecular weight is 453 g/mol. The second-order valence-corrected chi connectivity index (χ2v) is 8.44. The lowest BCUT2D eigenvalue weighted by Gasteiger charge is -2.13. The lowest BCUT2D eigenvalue weighted by Crippen LogP contribution is -2.18. The van der Waals surface area contributed by atoms with Crippen molar-refractivity contribution >= 4 is 41.2 Å². The Morgan fingerprint density at radius 2 is 1.80 bits per heavy atom. The summed E-state index contributed by atoms with van der Waals surface area (Å²) >= 11 is 2.98. The molecule has 10 heteroatoms. The molecule has 1 aromatic heterocycles. The molecule has 0 bridgehead atoms. The van der Waals surface area contributed by atoms with Crippen LogP contribution in [0.25, 0.3) is 0 Å². The van der Waals surface area contributed by atoms with Crippen molar-refractivity contribution in [3.63, 3.8) is 0 Å². The molecule has 0 radical (unpaired) electrons. The fraction of sp³-hybridized carbons (Fsp3) is 0.350. The number of carboxylic acid groups (broad SMARTS) is 1. The van der Waals surface area contributed by atoms with Gasteiger partial charge in [-0.2, -0.15) is 5.10 Å². The number of hydrogen-bond acceptors (Lipinski definition) is 8. The lowest BCUT2D eigenvalue weighted by atomic mass is 10.1. The van der Waals surface area contributed by atoms with Gasteiger partial charge in [-0.25, -0.2) is 10.2 Å². The molecule has 1 aromatic carbocycles. The van der Waals surface area contributed by atoms with Crippen LogP contribution in [0.1, 0.15) is 45.0 Å². The van der Waals surface area contributed by atoms with Crippen LogP contribution in [0, 0.1) is 0 Å². The number of aromatic carboxylic acids is 1. The van der Waals surface area contributed by atoms with E-state index in [1.807, 2.05) is 13.8 Å². The zero-order valence-electron chi connectivity index (χ0n) is 17.4. The fourth-order valence-electron chi connectivity index (χ4n) is 2.74. The Bertz CT molecular complexity index is 930. The van der Waals surface area contributed by atoms with Crippen molar-refractivity contribution in [3.05, 3.63) is 33.7 Å². The highest BCUT2D eigenvalue weighted by atomic mass is 32.2. The smallest absolute Gasteiger partial charge is 0.337 e. The molecule has 0 atom stereocenters. The Morgan fingerprint density at radius 3 is 2.27 bits per heavy atom. The zero-order valence-corrected chi connectivity index (χ0v) is 19.0. The number of ether oxygens (including phenoxy) is 3. The van der Waals surface area contributed by atoms with Crippen LogP contribution in [-0.2, 0) is 6.42 Å². The van der Waals surface area contributed by atoms with E-state index in [1.54, 1.807) is 11.8 Å². The third kappa shape index (κ3) is 5.06. The van der Waals surface area contributed by atoms with Gasteiger partial charge in [-0.05, 0) is 24.3 Å². The van der Waals surface area contributed by atoms with Crippen molar-refractivity contribution in [2.75, 3.05) is 27.1 Å². The van der Waals surface area contributed by atoms with Crippen LogP contribution in [0.2, 0.25) is 0 Å². The second-order valence-electron chi connectivity index (χ2n) is 5.81. The van der Waals surface area contributed by atoms with Crippen molar-refractivity contribution in [1.29, 1.82) is 0 Å². The summed E-state index contributed by atoms with van der Waals surface area (Å²) in [5, 5.41) is 13.6. The summed E-state index contributed by atoms with van der Waals surface area (Å²) in [4.78, 5) is 25.1. The van der Waals surface area contributed by atoms with Crippen LogP contribution in [-0.4, -0.2) is 50.3 Å². The predicted molar refractivity (Wildman–Crippen MR) is 118 cm³/mol. The van der Waals surface area contributed by atoms with Gasteiger partial charge in [0.05, 0.1) is 37.3 Å². The number of thiophene rings is 1. The van der Waals surface area contributed by atoms with Crippen LogP contribution in [0.4, 0.5) is 0 Å². The van der Waals surface area contributed by atoms with Crippen LogP contribution < -0.4 is 19.6 Å². The molecule has 30 heavy (non-hydrogen) atoms. The standard InChI is InChI=1S/C20H24N2O6S2/c1-6-15-16(19(24)25)12(20(30-15)29-7-2)10-21-22-18(23)11-8-13(26-3)17(28-5)14(9-11)27-4/h8-10H,6-7H2,1-5H3,(H,22,23)(H,24,25)/b21-10-. The maximum Gasteiger partial charge on any atom is 0.337 e. The zero-order chi connectivity index (χ0) is 22.3. The van der Waals surface area contributed by atoms with Gasteiger partial charge in [0, 0.05) is 16.0 Å². The fourth-order valence-corrected chi connectivity index (χ4v) is 5.14. The highest BCUT2D eigenvalue weighted by molar-refractivity contribution is 8.01. The molecule has 0 saturated heterocycles. The van der Waals surface area contributed by atoms with Gasteiger partial charge in [0.25, 0.3) is 5.91 Å². The molecule has 162 valence electrons. The van der Waals surface area contributed by atoms with Crippen LogP contribution in [0.3, 0.4) is 0 Å². The van der Waals surface area contributed by atoms with Gasteiger partial charge in [-0.3, -0.25) is 4.79 Å². The number of rotatable bonds is 10. The molecule has 0 unspecified atom stereocenters. The first-order chi connectivity index (χ1) is 14.4. The van der Waals surface area contributed by atoms with Crippen molar-refractivity contribution in [2.45, 2.75) is 24.5 Å². The van der Waals surface area contributed by atoms with E-state index in [4.69, 9.17) is 14.2 Å². The summed E-state index contributed by atoms with van der Waals surface area (Å²) in [5.41, 5.74) is 3.41. The summed E-state index contributed by atoms with van der Waals surface area (Å²) in [6.45, 7) is 3.90. The summed E-state index contributed by atoms with van der Waals surface area (Å²) in [5.74, 6) is 0.332. The number of benzene rings is 1. The molecule has 1 amide bonds. The number of thioether (sulfide) groups is 1. The van der Waals surface area contributed by atoms with Gasteiger partial charge in [-0.15, -0.1) is 23.1 Å². The number of carbonyl (C=O) groups excluding carboxylic acids is 1. The van der Waals surface area contributed by atoms with Crippen molar-refractivity contribution in [3.8, 4) is 17.2 Å². The molecule has 2 rings (SSSR count). The van der Waals surface area contributed by atoms with Gasteiger partial charge < -0.3 is 19.3 Å². The molecular formula is C20H24N2O6S2. The predicted octanol–water partition coefficient (Wildman–Crippen LogP) is 3.91. The third-order valence-electron chi connectivity index (χ3n) is 4.08. The van der Waals surface area contributed by atoms with Gasteiger partial charge in [-0.1, -0.05) is 13.8 Å². The van der Waals surface area contributed by atoms with E-state index in [0.29, 0.717) is 29.2 Å². The Balaban J connectivity index is 2.32. The van der Waals surface area contributed by atoms with Crippen molar-refractivity contribution < 1.29 is 28.9 Å². The molecule has 1 heterocycles. The van der Waals surface area contributed by atoms with Crippen LogP contribution in [0.15, 0.2) is 21.4 Å². The highest BCUT2D eigenvalue weighted by Crippen LogP contribution is 2.38. The van der Waals surface area contributed by atoms with Crippen LogP contribution in [0.5, 0.6) is 17.2 Å². The minimum absolute atomic E-state index is 0.226. The first-order valence-electron chi connectivity index (χ1n) is 9.06. The molecule has 0 saturated carbocycles. The number of nitrogens with zero attached hydrogens (tertiary/aromatic N) is 1. The molecule has 2 aromatic rings. The maximum atomic E-state index is 12.6. The topological polar surface area (TPSA) is 106 Å². The Kier molecular flexibility index (Phi) is 8.55. The Morgan fingerprint density at radius 1 is 1.17 bits per heavy atom. The molecule has 0 fully saturated rings. The molecule has 8 nitrogen and oxygen atoms in total. The highest BCUT2D eigenvalue weighted by Gasteiger charge is 2.22. The minimum Gasteiger partial charge on any atom is -0.493 e. The first kappa shape index (κ1) is 23.6. The quantitative estimate of drug-likeness (QED) is 0.320. The number of carbonyl (C=O) groups is 2. The molecule has 0 aliphatic heterocycles. The SMILES string of the molecule is CCSc1sc(CC)c(C(=O)O)c1/C=N\NC(=O)c1cc(OC)c(OC)c(OC)c1. The number of methoxy groups -OCH3 is 3. The molecular weight excluding hydrogens is 428 g/mol. The van der Waals surface area contributed by atoms with Gasteiger partial charge >= 0.3 is 5.97 Å².